The Kier molecular flexibility index (Phi) is 4.86. The molecule has 1 aliphatic heterocycles. The summed E-state index contributed by atoms with van der Waals surface area (Å²) in [6, 6.07) is 1.78. The monoisotopic (exact) mass is 403 g/mol. The topological polar surface area (TPSA) is 128 Å². The van der Waals surface area contributed by atoms with E-state index in [0.29, 0.717) is 21.8 Å². The summed E-state index contributed by atoms with van der Waals surface area (Å²) in [5.74, 6) is 0.380. The summed E-state index contributed by atoms with van der Waals surface area (Å²) >= 11 is 6.11. The van der Waals surface area contributed by atoms with E-state index in [1.54, 1.807) is 16.9 Å². The lowest BCUT2D eigenvalue weighted by atomic mass is 10.1. The van der Waals surface area contributed by atoms with E-state index in [2.05, 4.69) is 20.3 Å². The van der Waals surface area contributed by atoms with Crippen LogP contribution in [0.4, 0.5) is 17.4 Å². The lowest BCUT2D eigenvalue weighted by molar-refractivity contribution is 0.102. The number of rotatable bonds is 3. The maximum Gasteiger partial charge on any atom is 0.263 e. The summed E-state index contributed by atoms with van der Waals surface area (Å²) in [6.07, 6.45) is 5.99. The van der Waals surface area contributed by atoms with Gasteiger partial charge in [-0.15, -0.1) is 0 Å². The molecule has 0 unspecified atom stereocenters. The molecule has 148 valence electrons. The van der Waals surface area contributed by atoms with E-state index in [-0.39, 0.29) is 17.5 Å². The third-order valence-corrected chi connectivity index (χ3v) is 5.30. The van der Waals surface area contributed by atoms with E-state index in [1.165, 1.54) is 6.20 Å². The highest BCUT2D eigenvalue weighted by Crippen LogP contribution is 2.33. The van der Waals surface area contributed by atoms with Crippen LogP contribution in [0, 0.1) is 0 Å². The average Bonchev–Trinajstić information content (AvgIpc) is 3.10. The zero-order valence-electron chi connectivity index (χ0n) is 15.5. The molecule has 9 nitrogen and oxygen atoms in total. The fraction of sp³-hybridized carbons (Fsp3) is 0.389. The number of carbonyl (C=O) groups is 1. The first kappa shape index (κ1) is 18.6. The van der Waals surface area contributed by atoms with Gasteiger partial charge < -0.3 is 26.1 Å². The molecule has 28 heavy (non-hydrogen) atoms. The maximum atomic E-state index is 13.0. The molecule has 1 aliphatic rings. The number of aromatic nitrogens is 3. The normalized spacial score (nSPS) is 17.7. The summed E-state index contributed by atoms with van der Waals surface area (Å²) in [5, 5.41) is 7.56. The third-order valence-electron chi connectivity index (χ3n) is 5.01. The van der Waals surface area contributed by atoms with Gasteiger partial charge in [-0.1, -0.05) is 11.6 Å². The number of amides is 1. The number of halogens is 1. The molecule has 3 aromatic rings. The van der Waals surface area contributed by atoms with Crippen LogP contribution in [0.1, 0.15) is 29.6 Å². The van der Waals surface area contributed by atoms with E-state index in [4.69, 9.17) is 27.5 Å². The molecule has 1 fully saturated rings. The average molecular weight is 404 g/mol. The third kappa shape index (κ3) is 3.27. The molecule has 0 radical (unpaired) electrons. The first-order valence-corrected chi connectivity index (χ1v) is 9.50. The first-order chi connectivity index (χ1) is 13.5. The zero-order chi connectivity index (χ0) is 19.8. The van der Waals surface area contributed by atoms with Gasteiger partial charge in [0.25, 0.3) is 5.91 Å². The quantitative estimate of drug-likeness (QED) is 0.612. The van der Waals surface area contributed by atoms with Gasteiger partial charge in [0.05, 0.1) is 11.2 Å². The van der Waals surface area contributed by atoms with Crippen LogP contribution in [0.3, 0.4) is 0 Å². The summed E-state index contributed by atoms with van der Waals surface area (Å²) in [6.45, 7) is 1.65. The van der Waals surface area contributed by atoms with Crippen molar-refractivity contribution in [2.45, 2.75) is 25.3 Å². The molecule has 10 heteroatoms. The van der Waals surface area contributed by atoms with E-state index in [9.17, 15) is 4.79 Å². The number of hydrogen-bond acceptors (Lipinski definition) is 7. The zero-order valence-corrected chi connectivity index (χ0v) is 16.2. The number of nitrogens with zero attached hydrogens (tertiary/aromatic N) is 4. The van der Waals surface area contributed by atoms with Gasteiger partial charge in [0.2, 0.25) is 5.88 Å². The Morgan fingerprint density at radius 2 is 2.21 bits per heavy atom. The minimum atomic E-state index is -0.424. The number of nitrogens with one attached hydrogen (secondary N) is 1. The first-order valence-electron chi connectivity index (χ1n) is 9.12. The second-order valence-corrected chi connectivity index (χ2v) is 7.36. The van der Waals surface area contributed by atoms with Gasteiger partial charge in [-0.3, -0.25) is 14.5 Å². The number of nitrogen functional groups attached to an aromatic ring is 1. The molecule has 1 saturated heterocycles. The molecule has 0 aliphatic carbocycles. The predicted octanol–water partition coefficient (Wildman–Crippen LogP) is 2.37. The molecule has 3 aromatic heterocycles. The Morgan fingerprint density at radius 1 is 1.39 bits per heavy atom. The van der Waals surface area contributed by atoms with Gasteiger partial charge in [0.15, 0.2) is 11.4 Å². The SMILES string of the molecule is Cn1ncc(NC(=O)c2c(N)oc3c(Cl)ccnc23)c1N1CCC[C@@H](N)CC1. The number of pyridine rings is 1. The van der Waals surface area contributed by atoms with E-state index in [1.807, 2.05) is 7.05 Å². The van der Waals surface area contributed by atoms with Gasteiger partial charge in [-0.05, 0) is 25.3 Å². The molecular weight excluding hydrogens is 382 g/mol. The van der Waals surface area contributed by atoms with Crippen LogP contribution < -0.4 is 21.7 Å². The molecule has 0 saturated carbocycles. The molecular formula is C18H22ClN7O2. The Hall–Kier alpha value is -2.78. The van der Waals surface area contributed by atoms with Crippen molar-refractivity contribution in [3.8, 4) is 0 Å². The smallest absolute Gasteiger partial charge is 0.263 e. The lowest BCUT2D eigenvalue weighted by Crippen LogP contribution is -2.29. The van der Waals surface area contributed by atoms with E-state index >= 15 is 0 Å². The van der Waals surface area contributed by atoms with Crippen LogP contribution in [0.2, 0.25) is 5.02 Å². The number of fused-ring (bicyclic) bond motifs is 1. The largest absolute Gasteiger partial charge is 0.437 e. The highest BCUT2D eigenvalue weighted by atomic mass is 35.5. The molecule has 1 amide bonds. The molecule has 4 heterocycles. The number of carbonyl (C=O) groups excluding carboxylic acids is 1. The maximum absolute atomic E-state index is 13.0. The van der Waals surface area contributed by atoms with Gasteiger partial charge in [0, 0.05) is 32.4 Å². The Balaban J connectivity index is 1.65. The molecule has 5 N–H and O–H groups in total. The number of hydrogen-bond donors (Lipinski definition) is 3. The van der Waals surface area contributed by atoms with Crippen molar-refractivity contribution in [2.24, 2.45) is 12.8 Å². The van der Waals surface area contributed by atoms with Crippen molar-refractivity contribution in [3.05, 3.63) is 29.0 Å². The summed E-state index contributed by atoms with van der Waals surface area (Å²) < 4.78 is 7.19. The molecule has 0 aromatic carbocycles. The van der Waals surface area contributed by atoms with Crippen molar-refractivity contribution in [2.75, 3.05) is 29.0 Å². The van der Waals surface area contributed by atoms with Gasteiger partial charge in [-0.2, -0.15) is 5.10 Å². The number of nitrogens with two attached hydrogens (primary N) is 2. The van der Waals surface area contributed by atoms with Gasteiger partial charge in [-0.25, -0.2) is 0 Å². The predicted molar refractivity (Wildman–Crippen MR) is 109 cm³/mol. The molecule has 0 bridgehead atoms. The summed E-state index contributed by atoms with van der Waals surface area (Å²) in [5.41, 5.74) is 13.4. The second kappa shape index (κ2) is 7.33. The van der Waals surface area contributed by atoms with Gasteiger partial charge in [0.1, 0.15) is 16.8 Å². The van der Waals surface area contributed by atoms with Crippen LogP contribution in [-0.2, 0) is 7.05 Å². The standard InChI is InChI=1S/C18H22ClN7O2/c1-25-18(26-7-2-3-10(20)5-8-26)12(9-23-25)24-17(27)13-14-15(28-16(13)21)11(19)4-6-22-14/h4,6,9-10H,2-3,5,7-8,20-21H2,1H3,(H,24,27)/t10-/m1/s1. The fourth-order valence-electron chi connectivity index (χ4n) is 3.61. The molecule has 4 rings (SSSR count). The van der Waals surface area contributed by atoms with Gasteiger partial charge >= 0.3 is 0 Å². The second-order valence-electron chi connectivity index (χ2n) is 6.95. The van der Waals surface area contributed by atoms with Crippen LogP contribution in [-0.4, -0.2) is 39.8 Å². The number of anilines is 3. The minimum absolute atomic E-state index is 0.0284. The summed E-state index contributed by atoms with van der Waals surface area (Å²) in [7, 11) is 1.85. The fourth-order valence-corrected chi connectivity index (χ4v) is 3.79. The van der Waals surface area contributed by atoms with Crippen molar-refractivity contribution in [1.82, 2.24) is 14.8 Å². The number of furan rings is 1. The lowest BCUT2D eigenvalue weighted by Gasteiger charge is -2.24. The van der Waals surface area contributed by atoms with Crippen molar-refractivity contribution < 1.29 is 9.21 Å². The van der Waals surface area contributed by atoms with Crippen molar-refractivity contribution in [3.63, 3.8) is 0 Å². The Morgan fingerprint density at radius 3 is 3.04 bits per heavy atom. The Bertz CT molecular complexity index is 1030. The molecule has 0 spiro atoms. The van der Waals surface area contributed by atoms with Crippen molar-refractivity contribution >= 4 is 46.0 Å². The summed E-state index contributed by atoms with van der Waals surface area (Å²) in [4.78, 5) is 19.4. The molecule has 1 atom stereocenters. The highest BCUT2D eigenvalue weighted by molar-refractivity contribution is 6.35. The number of aryl methyl sites for hydroxylation is 1. The van der Waals surface area contributed by atoms with Crippen LogP contribution in [0.5, 0.6) is 0 Å². The highest BCUT2D eigenvalue weighted by Gasteiger charge is 2.25. The van der Waals surface area contributed by atoms with Crippen LogP contribution >= 0.6 is 11.6 Å². The van der Waals surface area contributed by atoms with E-state index < -0.39 is 5.91 Å². The van der Waals surface area contributed by atoms with Crippen LogP contribution in [0.25, 0.3) is 11.1 Å². The minimum Gasteiger partial charge on any atom is -0.437 e. The van der Waals surface area contributed by atoms with E-state index in [0.717, 1.165) is 38.2 Å². The van der Waals surface area contributed by atoms with Crippen molar-refractivity contribution in [1.29, 1.82) is 0 Å². The Labute approximate surface area is 166 Å². The van der Waals surface area contributed by atoms with Crippen LogP contribution in [0.15, 0.2) is 22.9 Å².